The van der Waals surface area contributed by atoms with Crippen LogP contribution in [0.5, 0.6) is 0 Å². The number of anilines is 1. The van der Waals surface area contributed by atoms with Crippen LogP contribution in [0.15, 0.2) is 18.2 Å². The van der Waals surface area contributed by atoms with Gasteiger partial charge in [0, 0.05) is 12.2 Å². The molecule has 1 rings (SSSR count). The number of benzene rings is 1. The molecular weight excluding hydrogens is 350 g/mol. The van der Waals surface area contributed by atoms with Crippen molar-refractivity contribution in [3.63, 3.8) is 0 Å². The Morgan fingerprint density at radius 2 is 1.58 bits per heavy atom. The second kappa shape index (κ2) is 10.5. The molecule has 0 radical (unpaired) electrons. The Kier molecular flexibility index (Phi) is 9.08. The van der Waals surface area contributed by atoms with Crippen LogP contribution in [-0.2, 0) is 10.2 Å². The lowest BCUT2D eigenvalue weighted by Gasteiger charge is -2.20. The normalized spacial score (nSPS) is 11.8. The molecule has 0 spiro atoms. The van der Waals surface area contributed by atoms with Crippen molar-refractivity contribution in [3.05, 3.63) is 29.3 Å². The van der Waals surface area contributed by atoms with E-state index in [1.165, 1.54) is 0 Å². The van der Waals surface area contributed by atoms with Crippen LogP contribution in [0.25, 0.3) is 0 Å². The van der Waals surface area contributed by atoms with Crippen molar-refractivity contribution in [1.82, 2.24) is 9.44 Å². The minimum Gasteiger partial charge on any atom is -0.307 e. The Labute approximate surface area is 158 Å². The molecule has 26 heavy (non-hydrogen) atoms. The average molecular weight is 384 g/mol. The number of para-hydroxylation sites is 1. The van der Waals surface area contributed by atoms with E-state index in [9.17, 15) is 13.2 Å². The summed E-state index contributed by atoms with van der Waals surface area (Å²) in [5, 5.41) is 2.74. The smallest absolute Gasteiger partial charge is 0.307 e. The SMILES string of the molecule is CCCCCCNS(=O)(=O)NC(=O)Nc1c(C(C)C)cccc1C(C)C. The zero-order valence-corrected chi connectivity index (χ0v) is 17.4. The Balaban J connectivity index is 2.78. The number of carbonyl (C=O) groups excluding carboxylic acids is 1. The zero-order chi connectivity index (χ0) is 19.7. The molecule has 0 heterocycles. The highest BCUT2D eigenvalue weighted by Crippen LogP contribution is 2.32. The first kappa shape index (κ1) is 22.4. The van der Waals surface area contributed by atoms with Gasteiger partial charge in [-0.05, 0) is 29.4 Å². The molecule has 0 saturated heterocycles. The van der Waals surface area contributed by atoms with Gasteiger partial charge in [-0.25, -0.2) is 9.52 Å². The number of rotatable bonds is 10. The summed E-state index contributed by atoms with van der Waals surface area (Å²) in [6.07, 6.45) is 3.87. The number of urea groups is 1. The Bertz CT molecular complexity index is 659. The van der Waals surface area contributed by atoms with Crippen LogP contribution in [0.1, 0.15) is 83.3 Å². The van der Waals surface area contributed by atoms with E-state index in [0.29, 0.717) is 12.2 Å². The van der Waals surface area contributed by atoms with E-state index in [2.05, 4.69) is 17.0 Å². The highest BCUT2D eigenvalue weighted by molar-refractivity contribution is 7.88. The second-order valence-corrected chi connectivity index (χ2v) is 8.64. The molecule has 1 aromatic carbocycles. The van der Waals surface area contributed by atoms with E-state index in [4.69, 9.17) is 0 Å². The summed E-state index contributed by atoms with van der Waals surface area (Å²) in [6, 6.07) is 5.11. The third kappa shape index (κ3) is 7.33. The van der Waals surface area contributed by atoms with Crippen LogP contribution in [0.3, 0.4) is 0 Å². The van der Waals surface area contributed by atoms with Gasteiger partial charge in [-0.1, -0.05) is 72.1 Å². The summed E-state index contributed by atoms with van der Waals surface area (Å²) >= 11 is 0. The van der Waals surface area contributed by atoms with Crippen molar-refractivity contribution >= 4 is 21.9 Å². The van der Waals surface area contributed by atoms with E-state index in [-0.39, 0.29) is 11.8 Å². The summed E-state index contributed by atoms with van der Waals surface area (Å²) in [4.78, 5) is 12.3. The summed E-state index contributed by atoms with van der Waals surface area (Å²) in [6.45, 7) is 10.6. The molecule has 1 aromatic rings. The summed E-state index contributed by atoms with van der Waals surface area (Å²) < 4.78 is 28.5. The van der Waals surface area contributed by atoms with Gasteiger partial charge in [0.2, 0.25) is 0 Å². The highest BCUT2D eigenvalue weighted by Gasteiger charge is 2.19. The second-order valence-electron chi connectivity index (χ2n) is 7.14. The predicted molar refractivity (Wildman–Crippen MR) is 108 cm³/mol. The van der Waals surface area contributed by atoms with Crippen molar-refractivity contribution in [1.29, 1.82) is 0 Å². The lowest BCUT2D eigenvalue weighted by molar-refractivity contribution is 0.256. The van der Waals surface area contributed by atoms with Gasteiger partial charge in [-0.3, -0.25) is 0 Å². The van der Waals surface area contributed by atoms with Crippen molar-refractivity contribution in [2.45, 2.75) is 72.1 Å². The van der Waals surface area contributed by atoms with Gasteiger partial charge < -0.3 is 5.32 Å². The lowest BCUT2D eigenvalue weighted by atomic mass is 9.93. The first-order chi connectivity index (χ1) is 12.2. The quantitative estimate of drug-likeness (QED) is 0.521. The predicted octanol–water partition coefficient (Wildman–Crippen LogP) is 4.47. The fourth-order valence-corrected chi connectivity index (χ4v) is 3.53. The molecule has 7 heteroatoms. The molecule has 3 N–H and O–H groups in total. The first-order valence-corrected chi connectivity index (χ1v) is 10.9. The molecule has 148 valence electrons. The van der Waals surface area contributed by atoms with E-state index < -0.39 is 16.2 Å². The minimum absolute atomic E-state index is 0.206. The molecule has 0 aliphatic heterocycles. The molecule has 0 atom stereocenters. The van der Waals surface area contributed by atoms with Gasteiger partial charge in [0.1, 0.15) is 0 Å². The van der Waals surface area contributed by atoms with Crippen LogP contribution < -0.4 is 14.8 Å². The van der Waals surface area contributed by atoms with Gasteiger partial charge in [-0.2, -0.15) is 13.1 Å². The molecule has 0 fully saturated rings. The largest absolute Gasteiger partial charge is 0.333 e. The number of hydrogen-bond donors (Lipinski definition) is 3. The lowest BCUT2D eigenvalue weighted by Crippen LogP contribution is -2.42. The topological polar surface area (TPSA) is 87.3 Å². The summed E-state index contributed by atoms with van der Waals surface area (Å²) in [5.74, 6) is 0.412. The molecule has 6 nitrogen and oxygen atoms in total. The number of amides is 2. The highest BCUT2D eigenvalue weighted by atomic mass is 32.2. The van der Waals surface area contributed by atoms with Crippen LogP contribution in [-0.4, -0.2) is 21.0 Å². The van der Waals surface area contributed by atoms with E-state index in [1.807, 2.05) is 50.6 Å². The maximum atomic E-state index is 12.3. The van der Waals surface area contributed by atoms with Gasteiger partial charge in [0.05, 0.1) is 0 Å². The minimum atomic E-state index is -3.87. The molecule has 0 aliphatic carbocycles. The standard InChI is InChI=1S/C19H33N3O3S/c1-6-7-8-9-13-20-26(24,25)22-19(23)21-18-16(14(2)3)11-10-12-17(18)15(4)5/h10-12,14-15,20H,6-9,13H2,1-5H3,(H2,21,22,23). The Hall–Kier alpha value is -1.60. The van der Waals surface area contributed by atoms with Crippen molar-refractivity contribution < 1.29 is 13.2 Å². The number of carbonyl (C=O) groups is 1. The zero-order valence-electron chi connectivity index (χ0n) is 16.6. The molecule has 0 aromatic heterocycles. The van der Waals surface area contributed by atoms with Gasteiger partial charge >= 0.3 is 16.2 Å². The molecule has 0 unspecified atom stereocenters. The molecular formula is C19H33N3O3S. The summed E-state index contributed by atoms with van der Waals surface area (Å²) in [5.41, 5.74) is 2.65. The Morgan fingerprint density at radius 3 is 2.08 bits per heavy atom. The monoisotopic (exact) mass is 383 g/mol. The number of hydrogen-bond acceptors (Lipinski definition) is 3. The maximum absolute atomic E-state index is 12.3. The van der Waals surface area contributed by atoms with E-state index in [0.717, 1.165) is 36.8 Å². The molecule has 0 aliphatic rings. The third-order valence-electron chi connectivity index (χ3n) is 4.16. The van der Waals surface area contributed by atoms with Gasteiger partial charge in [0.25, 0.3) is 0 Å². The van der Waals surface area contributed by atoms with Crippen LogP contribution in [0.4, 0.5) is 10.5 Å². The van der Waals surface area contributed by atoms with Crippen molar-refractivity contribution in [2.24, 2.45) is 0 Å². The van der Waals surface area contributed by atoms with Crippen LogP contribution in [0.2, 0.25) is 0 Å². The number of unbranched alkanes of at least 4 members (excludes halogenated alkanes) is 3. The van der Waals surface area contributed by atoms with E-state index in [1.54, 1.807) is 0 Å². The maximum Gasteiger partial charge on any atom is 0.333 e. The molecule has 0 saturated carbocycles. The summed E-state index contributed by atoms with van der Waals surface area (Å²) in [7, 11) is -3.87. The third-order valence-corrected chi connectivity index (χ3v) is 5.20. The average Bonchev–Trinajstić information content (AvgIpc) is 2.53. The fraction of sp³-hybridized carbons (Fsp3) is 0.632. The van der Waals surface area contributed by atoms with Gasteiger partial charge in [-0.15, -0.1) is 0 Å². The first-order valence-electron chi connectivity index (χ1n) is 9.39. The fourth-order valence-electron chi connectivity index (χ4n) is 2.75. The number of nitrogens with one attached hydrogen (secondary N) is 3. The van der Waals surface area contributed by atoms with Crippen molar-refractivity contribution in [2.75, 3.05) is 11.9 Å². The van der Waals surface area contributed by atoms with Crippen LogP contribution in [0, 0.1) is 0 Å². The van der Waals surface area contributed by atoms with Gasteiger partial charge in [0.15, 0.2) is 0 Å². The van der Waals surface area contributed by atoms with Crippen LogP contribution >= 0.6 is 0 Å². The van der Waals surface area contributed by atoms with Crippen molar-refractivity contribution in [3.8, 4) is 0 Å². The Morgan fingerprint density at radius 1 is 1.00 bits per heavy atom. The molecule has 2 amide bonds. The van der Waals surface area contributed by atoms with E-state index >= 15 is 0 Å². The molecule has 0 bridgehead atoms.